The Morgan fingerprint density at radius 1 is 1.24 bits per heavy atom. The minimum Gasteiger partial charge on any atom is -0.481 e. The van der Waals surface area contributed by atoms with Crippen LogP contribution in [0.5, 0.6) is 0 Å². The summed E-state index contributed by atoms with van der Waals surface area (Å²) in [6.45, 7) is 9.24. The molecule has 2 N–H and O–H groups in total. The first-order chi connectivity index (χ1) is 7.73. The Kier molecular flexibility index (Phi) is 6.85. The van der Waals surface area contributed by atoms with Crippen molar-refractivity contribution in [3.63, 3.8) is 0 Å². The van der Waals surface area contributed by atoms with Gasteiger partial charge in [-0.15, -0.1) is 0 Å². The Bertz CT molecular complexity index is 259. The van der Waals surface area contributed by atoms with Crippen molar-refractivity contribution in [1.82, 2.24) is 5.32 Å². The van der Waals surface area contributed by atoms with Crippen molar-refractivity contribution in [2.75, 3.05) is 6.54 Å². The van der Waals surface area contributed by atoms with Crippen LogP contribution in [0.25, 0.3) is 0 Å². The zero-order valence-electron chi connectivity index (χ0n) is 11.4. The van der Waals surface area contributed by atoms with Crippen LogP contribution in [0.2, 0.25) is 0 Å². The fraction of sp³-hybridized carbons (Fsp3) is 0.846. The van der Waals surface area contributed by atoms with E-state index in [2.05, 4.69) is 33.0 Å². The summed E-state index contributed by atoms with van der Waals surface area (Å²) in [5, 5.41) is 11.3. The van der Waals surface area contributed by atoms with Crippen LogP contribution in [0.1, 0.15) is 53.4 Å². The second-order valence-corrected chi connectivity index (χ2v) is 5.79. The summed E-state index contributed by atoms with van der Waals surface area (Å²) in [5.41, 5.74) is 0.0939. The topological polar surface area (TPSA) is 66.4 Å². The van der Waals surface area contributed by atoms with Gasteiger partial charge in [-0.25, -0.2) is 0 Å². The number of rotatable bonds is 8. The highest BCUT2D eigenvalue weighted by Gasteiger charge is 2.20. The van der Waals surface area contributed by atoms with Crippen LogP contribution in [0, 0.1) is 11.3 Å². The van der Waals surface area contributed by atoms with Gasteiger partial charge in [-0.1, -0.05) is 27.7 Å². The number of carboxylic acids is 1. The van der Waals surface area contributed by atoms with Gasteiger partial charge in [-0.3, -0.25) is 9.59 Å². The fourth-order valence-corrected chi connectivity index (χ4v) is 2.00. The summed E-state index contributed by atoms with van der Waals surface area (Å²) in [7, 11) is 0. The van der Waals surface area contributed by atoms with Crippen LogP contribution in [0.15, 0.2) is 0 Å². The van der Waals surface area contributed by atoms with E-state index in [1.807, 2.05) is 0 Å². The number of nitrogens with one attached hydrogen (secondary N) is 1. The Balaban J connectivity index is 3.79. The van der Waals surface area contributed by atoms with Gasteiger partial charge in [0, 0.05) is 19.4 Å². The molecule has 0 unspecified atom stereocenters. The predicted octanol–water partition coefficient (Wildman–Crippen LogP) is 2.43. The molecule has 0 spiro atoms. The number of aliphatic carboxylic acids is 1. The van der Waals surface area contributed by atoms with E-state index >= 15 is 0 Å². The molecule has 0 aromatic heterocycles. The predicted molar refractivity (Wildman–Crippen MR) is 67.7 cm³/mol. The van der Waals surface area contributed by atoms with E-state index in [1.165, 1.54) is 0 Å². The molecule has 0 aromatic rings. The van der Waals surface area contributed by atoms with E-state index in [1.54, 1.807) is 0 Å². The molecule has 100 valence electrons. The number of carbonyl (C=O) groups is 2. The fourth-order valence-electron chi connectivity index (χ4n) is 2.00. The lowest BCUT2D eigenvalue weighted by molar-refractivity contribution is -0.137. The van der Waals surface area contributed by atoms with Crippen molar-refractivity contribution in [3.8, 4) is 0 Å². The van der Waals surface area contributed by atoms with E-state index in [0.29, 0.717) is 25.3 Å². The van der Waals surface area contributed by atoms with E-state index in [-0.39, 0.29) is 17.7 Å². The number of carboxylic acid groups (broad SMARTS) is 1. The van der Waals surface area contributed by atoms with Crippen LogP contribution < -0.4 is 5.32 Å². The molecular formula is C13H25NO3. The maximum atomic E-state index is 11.5. The molecule has 4 heteroatoms. The van der Waals surface area contributed by atoms with Crippen molar-refractivity contribution >= 4 is 11.9 Å². The SMILES string of the molecule is CC(C)CC(C)(C)CNC(=O)CCCC(=O)O. The Hall–Kier alpha value is -1.06. The molecule has 0 bridgehead atoms. The maximum absolute atomic E-state index is 11.5. The van der Waals surface area contributed by atoms with Gasteiger partial charge in [0.15, 0.2) is 0 Å². The van der Waals surface area contributed by atoms with Gasteiger partial charge < -0.3 is 10.4 Å². The molecule has 0 aliphatic carbocycles. The molecule has 0 heterocycles. The summed E-state index contributed by atoms with van der Waals surface area (Å²) in [6, 6.07) is 0. The lowest BCUT2D eigenvalue weighted by Gasteiger charge is -2.26. The molecule has 0 saturated carbocycles. The van der Waals surface area contributed by atoms with Gasteiger partial charge in [0.25, 0.3) is 0 Å². The Morgan fingerprint density at radius 3 is 2.29 bits per heavy atom. The largest absolute Gasteiger partial charge is 0.481 e. The number of hydrogen-bond donors (Lipinski definition) is 2. The molecule has 1 amide bonds. The summed E-state index contributed by atoms with van der Waals surface area (Å²) >= 11 is 0. The third-order valence-corrected chi connectivity index (χ3v) is 2.52. The first-order valence-electron chi connectivity index (χ1n) is 6.21. The molecule has 0 rings (SSSR count). The van der Waals surface area contributed by atoms with Crippen molar-refractivity contribution in [1.29, 1.82) is 0 Å². The summed E-state index contributed by atoms with van der Waals surface area (Å²) < 4.78 is 0. The van der Waals surface area contributed by atoms with Crippen molar-refractivity contribution < 1.29 is 14.7 Å². The molecule has 0 radical (unpaired) electrons. The number of amides is 1. The van der Waals surface area contributed by atoms with Crippen molar-refractivity contribution in [3.05, 3.63) is 0 Å². The van der Waals surface area contributed by atoms with Crippen LogP contribution >= 0.6 is 0 Å². The maximum Gasteiger partial charge on any atom is 0.303 e. The molecule has 0 atom stereocenters. The number of hydrogen-bond acceptors (Lipinski definition) is 2. The second kappa shape index (κ2) is 7.30. The van der Waals surface area contributed by atoms with Crippen molar-refractivity contribution in [2.45, 2.75) is 53.4 Å². The highest BCUT2D eigenvalue weighted by atomic mass is 16.4. The Labute approximate surface area is 104 Å². The highest BCUT2D eigenvalue weighted by Crippen LogP contribution is 2.24. The minimum absolute atomic E-state index is 0.0527. The molecule has 17 heavy (non-hydrogen) atoms. The molecule has 4 nitrogen and oxygen atoms in total. The molecule has 0 aliphatic heterocycles. The van der Waals surface area contributed by atoms with E-state index in [0.717, 1.165) is 6.42 Å². The van der Waals surface area contributed by atoms with Gasteiger partial charge in [0.2, 0.25) is 5.91 Å². The van der Waals surface area contributed by atoms with Crippen LogP contribution in [-0.4, -0.2) is 23.5 Å². The molecule has 0 aliphatic rings. The van der Waals surface area contributed by atoms with Gasteiger partial charge in [0.05, 0.1) is 0 Å². The average molecular weight is 243 g/mol. The first-order valence-corrected chi connectivity index (χ1v) is 6.21. The van der Waals surface area contributed by atoms with E-state index in [9.17, 15) is 9.59 Å². The van der Waals surface area contributed by atoms with Gasteiger partial charge >= 0.3 is 5.97 Å². The third kappa shape index (κ3) is 9.85. The van der Waals surface area contributed by atoms with Crippen LogP contribution in [0.4, 0.5) is 0 Å². The van der Waals surface area contributed by atoms with E-state index < -0.39 is 5.97 Å². The first kappa shape index (κ1) is 15.9. The summed E-state index contributed by atoms with van der Waals surface area (Å²) in [5.74, 6) is -0.296. The smallest absolute Gasteiger partial charge is 0.303 e. The normalized spacial score (nSPS) is 11.6. The molecule has 0 saturated heterocycles. The van der Waals surface area contributed by atoms with Gasteiger partial charge in [0.1, 0.15) is 0 Å². The molecule has 0 fully saturated rings. The Morgan fingerprint density at radius 2 is 1.82 bits per heavy atom. The minimum atomic E-state index is -0.849. The number of carbonyl (C=O) groups excluding carboxylic acids is 1. The van der Waals surface area contributed by atoms with Gasteiger partial charge in [-0.2, -0.15) is 0 Å². The quantitative estimate of drug-likeness (QED) is 0.688. The van der Waals surface area contributed by atoms with Gasteiger partial charge in [-0.05, 0) is 24.2 Å². The third-order valence-electron chi connectivity index (χ3n) is 2.52. The zero-order valence-corrected chi connectivity index (χ0v) is 11.4. The van der Waals surface area contributed by atoms with E-state index in [4.69, 9.17) is 5.11 Å². The summed E-state index contributed by atoms with van der Waals surface area (Å²) in [4.78, 5) is 21.7. The second-order valence-electron chi connectivity index (χ2n) is 5.79. The standard InChI is InChI=1S/C13H25NO3/c1-10(2)8-13(3,4)9-14-11(15)6-5-7-12(16)17/h10H,5-9H2,1-4H3,(H,14,15)(H,16,17). The monoisotopic (exact) mass is 243 g/mol. The van der Waals surface area contributed by atoms with Crippen LogP contribution in [0.3, 0.4) is 0 Å². The molecule has 0 aromatic carbocycles. The average Bonchev–Trinajstić information content (AvgIpc) is 2.12. The highest BCUT2D eigenvalue weighted by molar-refractivity contribution is 5.76. The van der Waals surface area contributed by atoms with Crippen molar-refractivity contribution in [2.24, 2.45) is 11.3 Å². The zero-order chi connectivity index (χ0) is 13.5. The summed E-state index contributed by atoms with van der Waals surface area (Å²) in [6.07, 6.45) is 1.82. The van der Waals surface area contributed by atoms with Crippen LogP contribution in [-0.2, 0) is 9.59 Å². The lowest BCUT2D eigenvalue weighted by atomic mass is 9.84. The lowest BCUT2D eigenvalue weighted by Crippen LogP contribution is -2.34. The molecular weight excluding hydrogens is 218 g/mol.